The third kappa shape index (κ3) is 4.54. The lowest BCUT2D eigenvalue weighted by Gasteiger charge is -2.36. The van der Waals surface area contributed by atoms with Crippen molar-refractivity contribution in [1.82, 2.24) is 9.97 Å². The number of hydrogen-bond acceptors (Lipinski definition) is 6. The van der Waals surface area contributed by atoms with E-state index in [0.29, 0.717) is 50.5 Å². The van der Waals surface area contributed by atoms with Crippen LogP contribution in [0.5, 0.6) is 0 Å². The SMILES string of the molecule is C[C@@H]1CN(c2cc(C(=O)Nc3ccc(F)cn3)c3c(n2)CCOCC3)C[C@H](C)O1. The fraction of sp³-hybridized carbons (Fsp3) is 0.476. The topological polar surface area (TPSA) is 76.6 Å². The smallest absolute Gasteiger partial charge is 0.257 e. The average molecular weight is 400 g/mol. The first-order chi connectivity index (χ1) is 14.0. The van der Waals surface area contributed by atoms with Crippen LogP contribution in [-0.4, -0.2) is 54.4 Å². The molecule has 4 rings (SSSR count). The highest BCUT2D eigenvalue weighted by Gasteiger charge is 2.27. The Hall–Kier alpha value is -2.58. The third-order valence-corrected chi connectivity index (χ3v) is 5.13. The molecule has 0 aliphatic carbocycles. The van der Waals surface area contributed by atoms with Gasteiger partial charge in [0.25, 0.3) is 5.91 Å². The molecule has 1 N–H and O–H groups in total. The molecule has 0 saturated carbocycles. The second-order valence-corrected chi connectivity index (χ2v) is 7.54. The van der Waals surface area contributed by atoms with Crippen molar-refractivity contribution in [2.75, 3.05) is 36.5 Å². The molecule has 154 valence electrons. The summed E-state index contributed by atoms with van der Waals surface area (Å²) < 4.78 is 24.6. The van der Waals surface area contributed by atoms with Crippen LogP contribution in [0, 0.1) is 5.82 Å². The van der Waals surface area contributed by atoms with Gasteiger partial charge in [0.05, 0.1) is 31.6 Å². The largest absolute Gasteiger partial charge is 0.381 e. The molecule has 29 heavy (non-hydrogen) atoms. The fourth-order valence-corrected chi connectivity index (χ4v) is 3.90. The number of nitrogens with zero attached hydrogens (tertiary/aromatic N) is 3. The predicted octanol–water partition coefficient (Wildman–Crippen LogP) is 2.60. The van der Waals surface area contributed by atoms with Gasteiger partial charge in [-0.05, 0) is 44.0 Å². The van der Waals surface area contributed by atoms with Gasteiger partial charge in [0, 0.05) is 30.8 Å². The van der Waals surface area contributed by atoms with E-state index in [4.69, 9.17) is 14.5 Å². The molecule has 0 radical (unpaired) electrons. The van der Waals surface area contributed by atoms with Gasteiger partial charge >= 0.3 is 0 Å². The summed E-state index contributed by atoms with van der Waals surface area (Å²) in [5.41, 5.74) is 2.36. The van der Waals surface area contributed by atoms with Crippen LogP contribution in [0.2, 0.25) is 0 Å². The highest BCUT2D eigenvalue weighted by molar-refractivity contribution is 6.05. The van der Waals surface area contributed by atoms with Gasteiger partial charge in [0.2, 0.25) is 0 Å². The number of amides is 1. The molecule has 7 nitrogen and oxygen atoms in total. The van der Waals surface area contributed by atoms with Crippen LogP contribution >= 0.6 is 0 Å². The van der Waals surface area contributed by atoms with Gasteiger partial charge in [-0.15, -0.1) is 0 Å². The molecule has 1 saturated heterocycles. The maximum atomic E-state index is 13.1. The van der Waals surface area contributed by atoms with Gasteiger partial charge in [-0.25, -0.2) is 14.4 Å². The number of carbonyl (C=O) groups excluding carboxylic acids is 1. The molecule has 2 aliphatic rings. The van der Waals surface area contributed by atoms with Crippen LogP contribution in [-0.2, 0) is 22.3 Å². The molecule has 4 heterocycles. The van der Waals surface area contributed by atoms with Gasteiger partial charge < -0.3 is 19.7 Å². The minimum Gasteiger partial charge on any atom is -0.381 e. The normalized spacial score (nSPS) is 22.0. The number of halogens is 1. The Morgan fingerprint density at radius 2 is 1.97 bits per heavy atom. The molecule has 0 aromatic carbocycles. The molecular formula is C21H25FN4O3. The molecular weight excluding hydrogens is 375 g/mol. The Morgan fingerprint density at radius 1 is 1.21 bits per heavy atom. The number of pyridine rings is 2. The molecule has 2 atom stereocenters. The number of nitrogens with one attached hydrogen (secondary N) is 1. The first kappa shape index (κ1) is 19.7. The number of carbonyl (C=O) groups is 1. The third-order valence-electron chi connectivity index (χ3n) is 5.13. The van der Waals surface area contributed by atoms with Crippen LogP contribution in [0.1, 0.15) is 35.5 Å². The summed E-state index contributed by atoms with van der Waals surface area (Å²) in [7, 11) is 0. The van der Waals surface area contributed by atoms with Crippen molar-refractivity contribution < 1.29 is 18.7 Å². The Labute approximate surface area is 169 Å². The van der Waals surface area contributed by atoms with Crippen LogP contribution in [0.4, 0.5) is 16.0 Å². The second-order valence-electron chi connectivity index (χ2n) is 7.54. The number of morpholine rings is 1. The monoisotopic (exact) mass is 400 g/mol. The summed E-state index contributed by atoms with van der Waals surface area (Å²) in [6.07, 6.45) is 2.54. The first-order valence-corrected chi connectivity index (χ1v) is 9.93. The van der Waals surface area contributed by atoms with Crippen molar-refractivity contribution in [3.05, 3.63) is 47.0 Å². The Bertz CT molecular complexity index is 880. The van der Waals surface area contributed by atoms with Gasteiger partial charge in [-0.3, -0.25) is 4.79 Å². The quantitative estimate of drug-likeness (QED) is 0.854. The molecule has 0 bridgehead atoms. The molecule has 2 aromatic heterocycles. The minimum absolute atomic E-state index is 0.0865. The van der Waals surface area contributed by atoms with Gasteiger partial charge in [-0.2, -0.15) is 0 Å². The zero-order valence-electron chi connectivity index (χ0n) is 16.7. The lowest BCUT2D eigenvalue weighted by molar-refractivity contribution is -0.00547. The molecule has 2 aliphatic heterocycles. The van der Waals surface area contributed by atoms with E-state index in [9.17, 15) is 9.18 Å². The van der Waals surface area contributed by atoms with Gasteiger partial charge in [0.15, 0.2) is 0 Å². The Kier molecular flexibility index (Phi) is 5.73. The second kappa shape index (κ2) is 8.42. The summed E-state index contributed by atoms with van der Waals surface area (Å²) in [6.45, 7) is 6.64. The Morgan fingerprint density at radius 3 is 2.69 bits per heavy atom. The number of aromatic nitrogens is 2. The number of fused-ring (bicyclic) bond motifs is 1. The molecule has 1 fully saturated rings. The van der Waals surface area contributed by atoms with Crippen molar-refractivity contribution in [2.24, 2.45) is 0 Å². The minimum atomic E-state index is -0.448. The van der Waals surface area contributed by atoms with Crippen molar-refractivity contribution in [1.29, 1.82) is 0 Å². The first-order valence-electron chi connectivity index (χ1n) is 9.93. The molecule has 1 amide bonds. The lowest BCUT2D eigenvalue weighted by atomic mass is 10.0. The van der Waals surface area contributed by atoms with E-state index in [1.165, 1.54) is 12.1 Å². The summed E-state index contributed by atoms with van der Waals surface area (Å²) in [5, 5.41) is 2.78. The van der Waals surface area contributed by atoms with E-state index in [0.717, 1.165) is 23.3 Å². The lowest BCUT2D eigenvalue weighted by Crippen LogP contribution is -2.46. The Balaban J connectivity index is 1.68. The van der Waals surface area contributed by atoms with E-state index in [-0.39, 0.29) is 18.1 Å². The van der Waals surface area contributed by atoms with Crippen molar-refractivity contribution in [3.63, 3.8) is 0 Å². The summed E-state index contributed by atoms with van der Waals surface area (Å²) in [4.78, 5) is 24.1. The standard InChI is InChI=1S/C21H25FN4O3/c1-13-11-26(12-14(2)29-13)20-9-17(16-5-7-28-8-6-18(16)24-20)21(27)25-19-4-3-15(22)10-23-19/h3-4,9-10,13-14H,5-8,11-12H2,1-2H3,(H,23,25,27)/t13-,14+. The van der Waals surface area contributed by atoms with Crippen molar-refractivity contribution in [3.8, 4) is 0 Å². The van der Waals surface area contributed by atoms with E-state index < -0.39 is 5.82 Å². The van der Waals surface area contributed by atoms with Gasteiger partial charge in [-0.1, -0.05) is 0 Å². The van der Waals surface area contributed by atoms with Crippen molar-refractivity contribution >= 4 is 17.5 Å². The molecule has 2 aromatic rings. The van der Waals surface area contributed by atoms with E-state index in [1.54, 1.807) is 0 Å². The molecule has 8 heteroatoms. The highest BCUT2D eigenvalue weighted by atomic mass is 19.1. The van der Waals surface area contributed by atoms with E-state index in [1.807, 2.05) is 19.9 Å². The number of anilines is 2. The number of rotatable bonds is 3. The molecule has 0 unspecified atom stereocenters. The zero-order valence-corrected chi connectivity index (χ0v) is 16.7. The molecule has 0 spiro atoms. The van der Waals surface area contributed by atoms with Gasteiger partial charge in [0.1, 0.15) is 17.5 Å². The maximum absolute atomic E-state index is 13.1. The summed E-state index contributed by atoms with van der Waals surface area (Å²) in [6, 6.07) is 4.56. The zero-order chi connectivity index (χ0) is 20.4. The van der Waals surface area contributed by atoms with Crippen LogP contribution in [0.25, 0.3) is 0 Å². The summed E-state index contributed by atoms with van der Waals surface area (Å²) >= 11 is 0. The van der Waals surface area contributed by atoms with Crippen LogP contribution in [0.15, 0.2) is 24.4 Å². The van der Waals surface area contributed by atoms with E-state index in [2.05, 4.69) is 15.2 Å². The predicted molar refractivity (Wildman–Crippen MR) is 107 cm³/mol. The maximum Gasteiger partial charge on any atom is 0.257 e. The van der Waals surface area contributed by atoms with Crippen molar-refractivity contribution in [2.45, 2.75) is 38.9 Å². The van der Waals surface area contributed by atoms with Crippen LogP contribution in [0.3, 0.4) is 0 Å². The summed E-state index contributed by atoms with van der Waals surface area (Å²) in [5.74, 6) is 0.350. The van der Waals surface area contributed by atoms with E-state index >= 15 is 0 Å². The number of hydrogen-bond donors (Lipinski definition) is 1. The highest BCUT2D eigenvalue weighted by Crippen LogP contribution is 2.26. The fourth-order valence-electron chi connectivity index (χ4n) is 3.90. The van der Waals surface area contributed by atoms with Crippen LogP contribution < -0.4 is 10.2 Å². The average Bonchev–Trinajstić information content (AvgIpc) is 2.93. The number of ether oxygens (including phenoxy) is 2.